The van der Waals surface area contributed by atoms with Crippen LogP contribution in [0, 0.1) is 5.92 Å². The summed E-state index contributed by atoms with van der Waals surface area (Å²) in [5.41, 5.74) is 12.0. The molecule has 2 amide bonds. The summed E-state index contributed by atoms with van der Waals surface area (Å²) in [7, 11) is 0. The lowest BCUT2D eigenvalue weighted by Crippen LogP contribution is -2.23. The van der Waals surface area contributed by atoms with Crippen molar-refractivity contribution in [2.45, 2.75) is 25.3 Å². The third kappa shape index (κ3) is 4.33. The summed E-state index contributed by atoms with van der Waals surface area (Å²) in [5, 5.41) is 2.85. The first-order valence-corrected chi connectivity index (χ1v) is 8.11. The third-order valence-electron chi connectivity index (χ3n) is 4.19. The molecule has 1 aliphatic rings. The Balaban J connectivity index is 1.61. The number of nitrogens with two attached hydrogens (primary N) is 2. The van der Waals surface area contributed by atoms with E-state index in [9.17, 15) is 9.59 Å². The van der Waals surface area contributed by atoms with Gasteiger partial charge in [-0.2, -0.15) is 0 Å². The molecule has 7 nitrogen and oxygen atoms in total. The van der Waals surface area contributed by atoms with Gasteiger partial charge in [-0.3, -0.25) is 9.59 Å². The number of pyridine rings is 1. The number of carbonyl (C=O) groups excluding carboxylic acids is 2. The number of rotatable bonds is 5. The van der Waals surface area contributed by atoms with Crippen LogP contribution in [-0.4, -0.2) is 22.8 Å². The molecule has 0 bridgehead atoms. The lowest BCUT2D eigenvalue weighted by Gasteiger charge is -2.11. The highest BCUT2D eigenvalue weighted by molar-refractivity contribution is 5.93. The molecule has 130 valence electrons. The molecule has 2 aromatic rings. The molecule has 2 unspecified atom stereocenters. The molecule has 1 aromatic heterocycles. The maximum atomic E-state index is 12.2. The van der Waals surface area contributed by atoms with Gasteiger partial charge in [0, 0.05) is 23.6 Å². The molecule has 0 radical (unpaired) electrons. The normalized spacial score (nSPS) is 19.4. The molecule has 25 heavy (non-hydrogen) atoms. The molecule has 0 spiro atoms. The number of aromatic nitrogens is 1. The summed E-state index contributed by atoms with van der Waals surface area (Å²) >= 11 is 0. The summed E-state index contributed by atoms with van der Waals surface area (Å²) in [6.07, 6.45) is 3.95. The van der Waals surface area contributed by atoms with E-state index >= 15 is 0 Å². The Morgan fingerprint density at radius 1 is 1.20 bits per heavy atom. The highest BCUT2D eigenvalue weighted by Crippen LogP contribution is 2.26. The largest absolute Gasteiger partial charge is 0.439 e. The Hall–Kier alpha value is -2.93. The smallest absolute Gasteiger partial charge is 0.248 e. The van der Waals surface area contributed by atoms with Crippen molar-refractivity contribution in [1.29, 1.82) is 0 Å². The second-order valence-corrected chi connectivity index (χ2v) is 6.14. The van der Waals surface area contributed by atoms with Gasteiger partial charge in [-0.1, -0.05) is 6.07 Å². The zero-order chi connectivity index (χ0) is 17.8. The van der Waals surface area contributed by atoms with Crippen molar-refractivity contribution in [3.8, 4) is 11.6 Å². The van der Waals surface area contributed by atoms with E-state index in [-0.39, 0.29) is 17.9 Å². The van der Waals surface area contributed by atoms with E-state index in [2.05, 4.69) is 10.3 Å². The average molecular weight is 340 g/mol. The second-order valence-electron chi connectivity index (χ2n) is 6.14. The monoisotopic (exact) mass is 340 g/mol. The predicted octanol–water partition coefficient (Wildman–Crippen LogP) is 2.04. The predicted molar refractivity (Wildman–Crippen MR) is 93.2 cm³/mol. The Bertz CT molecular complexity index is 776. The lowest BCUT2D eigenvalue weighted by molar-refractivity contribution is -0.119. The number of amides is 2. The van der Waals surface area contributed by atoms with Crippen LogP contribution in [0.4, 0.5) is 5.69 Å². The molecule has 1 saturated carbocycles. The van der Waals surface area contributed by atoms with Crippen LogP contribution in [0.15, 0.2) is 42.6 Å². The highest BCUT2D eigenvalue weighted by atomic mass is 16.5. The molecule has 3 rings (SSSR count). The van der Waals surface area contributed by atoms with E-state index in [1.54, 1.807) is 36.4 Å². The van der Waals surface area contributed by atoms with Crippen LogP contribution in [0.25, 0.3) is 0 Å². The topological polar surface area (TPSA) is 120 Å². The van der Waals surface area contributed by atoms with Crippen LogP contribution in [0.1, 0.15) is 29.6 Å². The number of benzene rings is 1. The molecular weight excluding hydrogens is 320 g/mol. The minimum Gasteiger partial charge on any atom is -0.439 e. The number of ether oxygens (including phenoxy) is 1. The minimum atomic E-state index is -0.525. The first-order valence-electron chi connectivity index (χ1n) is 8.11. The maximum Gasteiger partial charge on any atom is 0.248 e. The molecule has 2 atom stereocenters. The number of primary amides is 1. The number of nitrogens with one attached hydrogen (secondary N) is 1. The molecule has 1 aromatic carbocycles. The summed E-state index contributed by atoms with van der Waals surface area (Å²) in [6, 6.07) is 10.0. The lowest BCUT2D eigenvalue weighted by atomic mass is 10.1. The summed E-state index contributed by atoms with van der Waals surface area (Å²) in [4.78, 5) is 27.5. The molecule has 0 saturated heterocycles. The van der Waals surface area contributed by atoms with Gasteiger partial charge >= 0.3 is 0 Å². The first-order chi connectivity index (χ1) is 12.0. The molecule has 1 aliphatic carbocycles. The van der Waals surface area contributed by atoms with Crippen molar-refractivity contribution in [3.63, 3.8) is 0 Å². The number of hydrogen-bond donors (Lipinski definition) is 3. The molecular formula is C18H20N4O3. The summed E-state index contributed by atoms with van der Waals surface area (Å²) < 4.78 is 5.59. The molecule has 5 N–H and O–H groups in total. The van der Waals surface area contributed by atoms with Gasteiger partial charge in [0.05, 0.1) is 11.9 Å². The number of hydrogen-bond acceptors (Lipinski definition) is 5. The van der Waals surface area contributed by atoms with E-state index in [1.807, 2.05) is 0 Å². The zero-order valence-electron chi connectivity index (χ0n) is 13.6. The van der Waals surface area contributed by atoms with Crippen LogP contribution in [-0.2, 0) is 4.79 Å². The number of carbonyl (C=O) groups is 2. The van der Waals surface area contributed by atoms with Gasteiger partial charge in [-0.05, 0) is 43.5 Å². The van der Waals surface area contributed by atoms with Crippen molar-refractivity contribution in [2.75, 3.05) is 5.32 Å². The average Bonchev–Trinajstić information content (AvgIpc) is 3.03. The first kappa shape index (κ1) is 16.9. The van der Waals surface area contributed by atoms with E-state index in [4.69, 9.17) is 16.2 Å². The van der Waals surface area contributed by atoms with E-state index in [0.29, 0.717) is 22.9 Å². The number of nitrogens with zero attached hydrogens (tertiary/aromatic N) is 1. The number of anilines is 1. The van der Waals surface area contributed by atoms with Crippen molar-refractivity contribution in [2.24, 2.45) is 17.4 Å². The molecule has 1 heterocycles. The van der Waals surface area contributed by atoms with Gasteiger partial charge in [-0.25, -0.2) is 4.98 Å². The van der Waals surface area contributed by atoms with E-state index in [1.165, 1.54) is 6.20 Å². The van der Waals surface area contributed by atoms with Crippen molar-refractivity contribution < 1.29 is 14.3 Å². The standard InChI is InChI=1S/C18H20N4O3/c19-13-5-4-12(8-13)18(24)22-14-6-7-16(21-10-14)25-15-3-1-2-11(9-15)17(20)23/h1-3,6-7,9-10,12-13H,4-5,8,19H2,(H2,20,23)(H,22,24). The Labute approximate surface area is 145 Å². The highest BCUT2D eigenvalue weighted by Gasteiger charge is 2.27. The van der Waals surface area contributed by atoms with Crippen molar-refractivity contribution in [1.82, 2.24) is 4.98 Å². The molecule has 1 fully saturated rings. The van der Waals surface area contributed by atoms with Crippen molar-refractivity contribution in [3.05, 3.63) is 48.2 Å². The summed E-state index contributed by atoms with van der Waals surface area (Å²) in [6.45, 7) is 0. The van der Waals surface area contributed by atoms with Crippen LogP contribution < -0.4 is 21.5 Å². The van der Waals surface area contributed by atoms with Gasteiger partial charge in [0.1, 0.15) is 5.75 Å². The van der Waals surface area contributed by atoms with Crippen LogP contribution in [0.5, 0.6) is 11.6 Å². The Morgan fingerprint density at radius 2 is 2.04 bits per heavy atom. The fourth-order valence-corrected chi connectivity index (χ4v) is 2.85. The second kappa shape index (κ2) is 7.31. The maximum absolute atomic E-state index is 12.2. The SMILES string of the molecule is NC(=O)c1cccc(Oc2ccc(NC(=O)C3CCC(N)C3)cn2)c1. The van der Waals surface area contributed by atoms with Crippen molar-refractivity contribution >= 4 is 17.5 Å². The van der Waals surface area contributed by atoms with E-state index in [0.717, 1.165) is 19.3 Å². The van der Waals surface area contributed by atoms with Crippen LogP contribution in [0.2, 0.25) is 0 Å². The van der Waals surface area contributed by atoms with E-state index < -0.39 is 5.91 Å². The third-order valence-corrected chi connectivity index (χ3v) is 4.19. The van der Waals surface area contributed by atoms with Gasteiger partial charge in [0.25, 0.3) is 0 Å². The van der Waals surface area contributed by atoms with Crippen LogP contribution >= 0.6 is 0 Å². The van der Waals surface area contributed by atoms with Gasteiger partial charge in [0.2, 0.25) is 17.7 Å². The van der Waals surface area contributed by atoms with Gasteiger partial charge in [0.15, 0.2) is 0 Å². The Kier molecular flexibility index (Phi) is 4.95. The fraction of sp³-hybridized carbons (Fsp3) is 0.278. The van der Waals surface area contributed by atoms with Gasteiger partial charge < -0.3 is 21.5 Å². The molecule has 0 aliphatic heterocycles. The minimum absolute atomic E-state index is 0.0300. The quantitative estimate of drug-likeness (QED) is 0.769. The zero-order valence-corrected chi connectivity index (χ0v) is 13.6. The summed E-state index contributed by atoms with van der Waals surface area (Å²) in [5.74, 6) is 0.214. The van der Waals surface area contributed by atoms with Gasteiger partial charge in [-0.15, -0.1) is 0 Å². The fourth-order valence-electron chi connectivity index (χ4n) is 2.85. The molecule has 7 heteroatoms. The Morgan fingerprint density at radius 3 is 2.68 bits per heavy atom. The van der Waals surface area contributed by atoms with Crippen LogP contribution in [0.3, 0.4) is 0 Å².